The smallest absolute Gasteiger partial charge is 0.398 e. The first kappa shape index (κ1) is 17.2. The van der Waals surface area contributed by atoms with Gasteiger partial charge in [0.15, 0.2) is 0 Å². The molecular formula is C18H23BFNO3. The zero-order valence-electron chi connectivity index (χ0n) is 14.6. The standard InChI is InChI=1S/C18H23BFNO3/c1-17(2)18(3,4)24-19(23-17)15(20)14-10-11-21(16(14)22)12-13-8-6-5-7-9-13/h5-9H,10-12H2,1-4H3. The highest BCUT2D eigenvalue weighted by Crippen LogP contribution is 2.40. The highest BCUT2D eigenvalue weighted by Gasteiger charge is 2.54. The average Bonchev–Trinajstić information content (AvgIpc) is 2.97. The lowest BCUT2D eigenvalue weighted by Crippen LogP contribution is -2.41. The third-order valence-electron chi connectivity index (χ3n) is 5.14. The molecule has 2 fully saturated rings. The Bertz CT molecular complexity index is 656. The lowest BCUT2D eigenvalue weighted by Gasteiger charge is -2.32. The van der Waals surface area contributed by atoms with Crippen LogP contribution in [0.2, 0.25) is 0 Å². The number of amides is 1. The second-order valence-electron chi connectivity index (χ2n) is 7.38. The summed E-state index contributed by atoms with van der Waals surface area (Å²) in [6.07, 6.45) is 0.377. The van der Waals surface area contributed by atoms with E-state index >= 15 is 0 Å². The fraction of sp³-hybridized carbons (Fsp3) is 0.500. The summed E-state index contributed by atoms with van der Waals surface area (Å²) in [5.41, 5.74) is -0.635. The van der Waals surface area contributed by atoms with Gasteiger partial charge in [0.05, 0.1) is 11.2 Å². The first-order chi connectivity index (χ1) is 11.2. The van der Waals surface area contributed by atoms with E-state index in [1.54, 1.807) is 4.90 Å². The SMILES string of the molecule is CC1(C)OB(C(F)=C2CCN(Cc3ccccc3)C2=O)OC1(C)C. The van der Waals surface area contributed by atoms with Crippen molar-refractivity contribution in [3.8, 4) is 0 Å². The van der Waals surface area contributed by atoms with Gasteiger partial charge in [0.2, 0.25) is 0 Å². The van der Waals surface area contributed by atoms with Crippen molar-refractivity contribution in [3.63, 3.8) is 0 Å². The molecule has 0 spiro atoms. The van der Waals surface area contributed by atoms with Crippen LogP contribution in [0.5, 0.6) is 0 Å². The zero-order chi connectivity index (χ0) is 17.5. The number of benzene rings is 1. The van der Waals surface area contributed by atoms with E-state index in [1.807, 2.05) is 58.0 Å². The second kappa shape index (κ2) is 6.01. The van der Waals surface area contributed by atoms with Crippen molar-refractivity contribution in [1.82, 2.24) is 4.90 Å². The maximum absolute atomic E-state index is 14.8. The minimum absolute atomic E-state index is 0.171. The first-order valence-electron chi connectivity index (χ1n) is 8.29. The van der Waals surface area contributed by atoms with E-state index in [-0.39, 0.29) is 11.5 Å². The molecule has 1 aromatic rings. The van der Waals surface area contributed by atoms with Crippen molar-refractivity contribution in [1.29, 1.82) is 0 Å². The number of hydrogen-bond donors (Lipinski definition) is 0. The molecule has 3 rings (SSSR count). The second-order valence-corrected chi connectivity index (χ2v) is 7.38. The summed E-state index contributed by atoms with van der Waals surface area (Å²) in [5, 5.41) is 0. The Balaban J connectivity index is 1.76. The predicted octanol–water partition coefficient (Wildman–Crippen LogP) is 3.27. The number of rotatable bonds is 3. The van der Waals surface area contributed by atoms with Gasteiger partial charge in [-0.1, -0.05) is 30.3 Å². The molecule has 24 heavy (non-hydrogen) atoms. The number of carbonyl (C=O) groups is 1. The number of carbonyl (C=O) groups excluding carboxylic acids is 1. The number of halogens is 1. The summed E-state index contributed by atoms with van der Waals surface area (Å²) in [6.45, 7) is 8.45. The third kappa shape index (κ3) is 3.00. The molecular weight excluding hydrogens is 308 g/mol. The largest absolute Gasteiger partial charge is 0.525 e. The molecule has 6 heteroatoms. The molecule has 2 aliphatic rings. The van der Waals surface area contributed by atoms with Crippen LogP contribution < -0.4 is 0 Å². The highest BCUT2D eigenvalue weighted by molar-refractivity contribution is 6.54. The molecule has 0 atom stereocenters. The van der Waals surface area contributed by atoms with Gasteiger partial charge in [-0.3, -0.25) is 4.79 Å². The van der Waals surface area contributed by atoms with Crippen LogP contribution in [0.15, 0.2) is 41.6 Å². The normalized spacial score (nSPS) is 24.6. The van der Waals surface area contributed by atoms with Crippen LogP contribution >= 0.6 is 0 Å². The van der Waals surface area contributed by atoms with Crippen LogP contribution in [0.25, 0.3) is 0 Å². The fourth-order valence-corrected chi connectivity index (χ4v) is 2.91. The molecule has 128 valence electrons. The van der Waals surface area contributed by atoms with Gasteiger partial charge in [-0.25, -0.2) is 4.39 Å². The molecule has 0 aromatic heterocycles. The third-order valence-corrected chi connectivity index (χ3v) is 5.14. The minimum atomic E-state index is -1.11. The van der Waals surface area contributed by atoms with E-state index < -0.39 is 24.0 Å². The molecule has 0 N–H and O–H groups in total. The zero-order valence-corrected chi connectivity index (χ0v) is 14.6. The van der Waals surface area contributed by atoms with E-state index in [4.69, 9.17) is 9.31 Å². The number of likely N-dealkylation sites (tertiary alicyclic amines) is 1. The maximum atomic E-state index is 14.8. The lowest BCUT2D eigenvalue weighted by molar-refractivity contribution is -0.125. The molecule has 1 amide bonds. The topological polar surface area (TPSA) is 38.8 Å². The van der Waals surface area contributed by atoms with Gasteiger partial charge >= 0.3 is 7.12 Å². The monoisotopic (exact) mass is 331 g/mol. The van der Waals surface area contributed by atoms with E-state index in [9.17, 15) is 9.18 Å². The Morgan fingerprint density at radius 2 is 1.75 bits per heavy atom. The van der Waals surface area contributed by atoms with Crippen LogP contribution in [0.1, 0.15) is 39.7 Å². The summed E-state index contributed by atoms with van der Waals surface area (Å²) in [5.74, 6) is -0.272. The van der Waals surface area contributed by atoms with Gasteiger partial charge in [-0.2, -0.15) is 0 Å². The Labute approximate surface area is 142 Å². The number of hydrogen-bond acceptors (Lipinski definition) is 3. The van der Waals surface area contributed by atoms with Crippen molar-refractivity contribution in [3.05, 3.63) is 47.2 Å². The Hall–Kier alpha value is -1.66. The van der Waals surface area contributed by atoms with Crippen LogP contribution in [-0.2, 0) is 20.6 Å². The summed E-state index contributed by atoms with van der Waals surface area (Å²) < 4.78 is 26.3. The molecule has 0 unspecified atom stereocenters. The summed E-state index contributed by atoms with van der Waals surface area (Å²) in [7, 11) is -1.11. The summed E-state index contributed by atoms with van der Waals surface area (Å²) in [6, 6.07) is 9.70. The van der Waals surface area contributed by atoms with Gasteiger partial charge in [0.1, 0.15) is 5.73 Å². The van der Waals surface area contributed by atoms with E-state index in [0.29, 0.717) is 19.5 Å². The number of nitrogens with zero attached hydrogens (tertiary/aromatic N) is 1. The molecule has 4 nitrogen and oxygen atoms in total. The van der Waals surface area contributed by atoms with Gasteiger partial charge in [-0.05, 0) is 39.7 Å². The molecule has 2 aliphatic heterocycles. The molecule has 2 saturated heterocycles. The van der Waals surface area contributed by atoms with Crippen molar-refractivity contribution in [2.45, 2.75) is 51.9 Å². The van der Waals surface area contributed by atoms with Crippen molar-refractivity contribution in [2.24, 2.45) is 0 Å². The van der Waals surface area contributed by atoms with Gasteiger partial charge in [-0.15, -0.1) is 0 Å². The molecule has 0 radical (unpaired) electrons. The highest BCUT2D eigenvalue weighted by atomic mass is 19.1. The molecule has 1 aromatic carbocycles. The summed E-state index contributed by atoms with van der Waals surface area (Å²) in [4.78, 5) is 14.2. The van der Waals surface area contributed by atoms with Crippen LogP contribution in [0.3, 0.4) is 0 Å². The molecule has 0 saturated carbocycles. The molecule has 2 heterocycles. The van der Waals surface area contributed by atoms with Gasteiger partial charge in [0, 0.05) is 18.7 Å². The first-order valence-corrected chi connectivity index (χ1v) is 8.29. The minimum Gasteiger partial charge on any atom is -0.398 e. The molecule has 0 aliphatic carbocycles. The van der Waals surface area contributed by atoms with Gasteiger partial charge < -0.3 is 14.2 Å². The van der Waals surface area contributed by atoms with Crippen LogP contribution in [-0.4, -0.2) is 35.7 Å². The molecule has 0 bridgehead atoms. The van der Waals surface area contributed by atoms with Crippen molar-refractivity contribution >= 4 is 13.0 Å². The lowest BCUT2D eigenvalue weighted by atomic mass is 9.84. The van der Waals surface area contributed by atoms with Crippen LogP contribution in [0, 0.1) is 0 Å². The average molecular weight is 331 g/mol. The fourth-order valence-electron chi connectivity index (χ4n) is 2.91. The predicted molar refractivity (Wildman–Crippen MR) is 90.7 cm³/mol. The summed E-state index contributed by atoms with van der Waals surface area (Å²) >= 11 is 0. The van der Waals surface area contributed by atoms with Crippen molar-refractivity contribution in [2.75, 3.05) is 6.54 Å². The Morgan fingerprint density at radius 1 is 1.17 bits per heavy atom. The van der Waals surface area contributed by atoms with E-state index in [0.717, 1.165) is 5.56 Å². The van der Waals surface area contributed by atoms with E-state index in [1.165, 1.54) is 0 Å². The Kier molecular flexibility index (Phi) is 4.30. The maximum Gasteiger partial charge on any atom is 0.525 e. The van der Waals surface area contributed by atoms with Crippen molar-refractivity contribution < 1.29 is 18.5 Å². The van der Waals surface area contributed by atoms with Crippen LogP contribution in [0.4, 0.5) is 4.39 Å². The van der Waals surface area contributed by atoms with E-state index in [2.05, 4.69) is 0 Å². The Morgan fingerprint density at radius 3 is 2.33 bits per heavy atom. The quantitative estimate of drug-likeness (QED) is 0.630. The van der Waals surface area contributed by atoms with Gasteiger partial charge in [0.25, 0.3) is 5.91 Å².